The van der Waals surface area contributed by atoms with Crippen molar-refractivity contribution >= 4 is 5.82 Å². The maximum absolute atomic E-state index is 13.4. The van der Waals surface area contributed by atoms with E-state index in [-0.39, 0.29) is 5.82 Å². The van der Waals surface area contributed by atoms with Gasteiger partial charge in [-0.25, -0.2) is 13.8 Å². The smallest absolute Gasteiger partial charge is 0.168 e. The minimum Gasteiger partial charge on any atom is -0.486 e. The number of nitrogens with zero attached hydrogens (tertiary/aromatic N) is 1. The van der Waals surface area contributed by atoms with Crippen molar-refractivity contribution in [3.05, 3.63) is 47.7 Å². The minimum absolute atomic E-state index is 0.0499. The molecule has 0 saturated carbocycles. The van der Waals surface area contributed by atoms with Gasteiger partial charge in [-0.2, -0.15) is 0 Å². The number of benzene rings is 1. The van der Waals surface area contributed by atoms with E-state index in [0.29, 0.717) is 26.2 Å². The van der Waals surface area contributed by atoms with Crippen molar-refractivity contribution in [2.24, 2.45) is 0 Å². The van der Waals surface area contributed by atoms with Gasteiger partial charge in [0.25, 0.3) is 0 Å². The molecular formula is C15H14F2N2O2. The number of ether oxygens (including phenoxy) is 2. The molecule has 2 aromatic rings. The second-order valence-electron chi connectivity index (χ2n) is 4.64. The first-order valence-corrected chi connectivity index (χ1v) is 6.66. The van der Waals surface area contributed by atoms with Gasteiger partial charge in [0.2, 0.25) is 0 Å². The fourth-order valence-corrected chi connectivity index (χ4v) is 2.11. The molecule has 0 unspecified atom stereocenters. The summed E-state index contributed by atoms with van der Waals surface area (Å²) in [5.74, 6) is 0.130. The number of rotatable bonds is 4. The Morgan fingerprint density at radius 3 is 2.71 bits per heavy atom. The van der Waals surface area contributed by atoms with E-state index in [1.807, 2.05) is 18.2 Å². The van der Waals surface area contributed by atoms with Crippen molar-refractivity contribution in [3.8, 4) is 11.5 Å². The van der Waals surface area contributed by atoms with E-state index in [4.69, 9.17) is 9.47 Å². The number of pyridine rings is 1. The number of aromatic nitrogens is 1. The second-order valence-corrected chi connectivity index (χ2v) is 4.64. The van der Waals surface area contributed by atoms with Gasteiger partial charge < -0.3 is 14.8 Å². The van der Waals surface area contributed by atoms with Crippen molar-refractivity contribution in [2.75, 3.05) is 25.1 Å². The minimum atomic E-state index is -0.697. The molecule has 21 heavy (non-hydrogen) atoms. The summed E-state index contributed by atoms with van der Waals surface area (Å²) in [6.07, 6.45) is 1.64. The zero-order chi connectivity index (χ0) is 14.7. The normalized spacial score (nSPS) is 13.0. The highest BCUT2D eigenvalue weighted by atomic mass is 19.1. The molecule has 6 heteroatoms. The summed E-state index contributed by atoms with van der Waals surface area (Å²) in [6, 6.07) is 6.51. The van der Waals surface area contributed by atoms with E-state index < -0.39 is 11.6 Å². The quantitative estimate of drug-likeness (QED) is 0.941. The maximum atomic E-state index is 13.4. The van der Waals surface area contributed by atoms with Gasteiger partial charge in [-0.15, -0.1) is 0 Å². The number of fused-ring (bicyclic) bond motifs is 1. The molecule has 1 aliphatic heterocycles. The highest BCUT2D eigenvalue weighted by Crippen LogP contribution is 2.30. The summed E-state index contributed by atoms with van der Waals surface area (Å²) in [4.78, 5) is 3.67. The first-order chi connectivity index (χ1) is 10.2. The van der Waals surface area contributed by atoms with Crippen molar-refractivity contribution in [3.63, 3.8) is 0 Å². The van der Waals surface area contributed by atoms with Gasteiger partial charge >= 0.3 is 0 Å². The highest BCUT2D eigenvalue weighted by molar-refractivity contribution is 5.44. The molecule has 1 aliphatic rings. The lowest BCUT2D eigenvalue weighted by Crippen LogP contribution is -2.15. The molecule has 110 valence electrons. The van der Waals surface area contributed by atoms with Gasteiger partial charge in [0, 0.05) is 12.6 Å². The Morgan fingerprint density at radius 2 is 1.90 bits per heavy atom. The van der Waals surface area contributed by atoms with Gasteiger partial charge in [0.05, 0.1) is 6.20 Å². The van der Waals surface area contributed by atoms with Crippen molar-refractivity contribution in [1.29, 1.82) is 0 Å². The second kappa shape index (κ2) is 5.95. The van der Waals surface area contributed by atoms with Crippen LogP contribution in [-0.2, 0) is 6.42 Å². The number of nitrogens with one attached hydrogen (secondary N) is 1. The molecule has 3 rings (SSSR count). The van der Waals surface area contributed by atoms with Crippen LogP contribution in [0, 0.1) is 11.6 Å². The lowest BCUT2D eigenvalue weighted by Gasteiger charge is -2.18. The molecule has 4 nitrogen and oxygen atoms in total. The van der Waals surface area contributed by atoms with Crippen LogP contribution in [0.3, 0.4) is 0 Å². The summed E-state index contributed by atoms with van der Waals surface area (Å²) in [5.41, 5.74) is 1.04. The summed E-state index contributed by atoms with van der Waals surface area (Å²) in [6.45, 7) is 1.58. The predicted octanol–water partition coefficient (Wildman–Crippen LogP) is 2.79. The molecule has 0 amide bonds. The van der Waals surface area contributed by atoms with Crippen molar-refractivity contribution in [1.82, 2.24) is 4.98 Å². The summed E-state index contributed by atoms with van der Waals surface area (Å²) >= 11 is 0. The number of anilines is 1. The van der Waals surface area contributed by atoms with E-state index in [0.717, 1.165) is 29.3 Å². The molecule has 0 saturated heterocycles. The van der Waals surface area contributed by atoms with Crippen LogP contribution in [0.4, 0.5) is 14.6 Å². The molecule has 0 bridgehead atoms. The summed E-state index contributed by atoms with van der Waals surface area (Å²) in [5, 5.41) is 2.84. The fraction of sp³-hybridized carbons (Fsp3) is 0.267. The van der Waals surface area contributed by atoms with Gasteiger partial charge in [0.15, 0.2) is 23.1 Å². The lowest BCUT2D eigenvalue weighted by atomic mass is 10.1. The van der Waals surface area contributed by atoms with Crippen LogP contribution >= 0.6 is 0 Å². The first-order valence-electron chi connectivity index (χ1n) is 6.66. The zero-order valence-corrected chi connectivity index (χ0v) is 11.2. The van der Waals surface area contributed by atoms with E-state index >= 15 is 0 Å². The van der Waals surface area contributed by atoms with Gasteiger partial charge in [-0.05, 0) is 24.1 Å². The molecule has 1 N–H and O–H groups in total. The van der Waals surface area contributed by atoms with Crippen LogP contribution < -0.4 is 14.8 Å². The Balaban J connectivity index is 1.60. The topological polar surface area (TPSA) is 43.4 Å². The van der Waals surface area contributed by atoms with Crippen LogP contribution in [0.15, 0.2) is 30.5 Å². The van der Waals surface area contributed by atoms with E-state index in [1.54, 1.807) is 0 Å². The van der Waals surface area contributed by atoms with Crippen molar-refractivity contribution in [2.45, 2.75) is 6.42 Å². The molecule has 0 aliphatic carbocycles. The van der Waals surface area contributed by atoms with Crippen LogP contribution in [-0.4, -0.2) is 24.7 Å². The van der Waals surface area contributed by atoms with E-state index in [9.17, 15) is 8.78 Å². The molecule has 1 aromatic heterocycles. The summed E-state index contributed by atoms with van der Waals surface area (Å²) in [7, 11) is 0. The maximum Gasteiger partial charge on any atom is 0.168 e. The molecule has 0 atom stereocenters. The van der Waals surface area contributed by atoms with E-state index in [1.165, 1.54) is 0 Å². The molecule has 2 heterocycles. The van der Waals surface area contributed by atoms with Crippen LogP contribution in [0.2, 0.25) is 0 Å². The van der Waals surface area contributed by atoms with Crippen LogP contribution in [0.1, 0.15) is 5.56 Å². The van der Waals surface area contributed by atoms with Crippen molar-refractivity contribution < 1.29 is 18.3 Å². The van der Waals surface area contributed by atoms with Crippen LogP contribution in [0.5, 0.6) is 11.5 Å². The van der Waals surface area contributed by atoms with Gasteiger partial charge in [0.1, 0.15) is 19.0 Å². The standard InChI is InChI=1S/C15H14F2N2O2/c16-11-8-12(17)15(19-9-11)18-4-3-10-1-2-13-14(7-10)21-6-5-20-13/h1-2,7-9H,3-6H2,(H,18,19). The Hall–Kier alpha value is -2.37. The lowest BCUT2D eigenvalue weighted by molar-refractivity contribution is 0.171. The molecule has 0 fully saturated rings. The molecule has 0 spiro atoms. The number of hydrogen-bond donors (Lipinski definition) is 1. The molecule has 1 aromatic carbocycles. The largest absolute Gasteiger partial charge is 0.486 e. The first kappa shape index (κ1) is 13.6. The number of hydrogen-bond acceptors (Lipinski definition) is 4. The summed E-state index contributed by atoms with van der Waals surface area (Å²) < 4.78 is 37.1. The zero-order valence-electron chi connectivity index (χ0n) is 11.2. The fourth-order valence-electron chi connectivity index (χ4n) is 2.11. The Kier molecular flexibility index (Phi) is 3.85. The van der Waals surface area contributed by atoms with Gasteiger partial charge in [-0.3, -0.25) is 0 Å². The average molecular weight is 292 g/mol. The Bertz CT molecular complexity index is 650. The third-order valence-corrected chi connectivity index (χ3v) is 3.12. The average Bonchev–Trinajstić information content (AvgIpc) is 2.49. The highest BCUT2D eigenvalue weighted by Gasteiger charge is 2.11. The molecule has 0 radical (unpaired) electrons. The van der Waals surface area contributed by atoms with Gasteiger partial charge in [-0.1, -0.05) is 6.07 Å². The van der Waals surface area contributed by atoms with Crippen LogP contribution in [0.25, 0.3) is 0 Å². The predicted molar refractivity (Wildman–Crippen MR) is 73.8 cm³/mol. The number of halogens is 2. The Morgan fingerprint density at radius 1 is 1.10 bits per heavy atom. The Labute approximate surface area is 120 Å². The third kappa shape index (κ3) is 3.21. The monoisotopic (exact) mass is 292 g/mol. The third-order valence-electron chi connectivity index (χ3n) is 3.12. The molecular weight excluding hydrogens is 278 g/mol. The van der Waals surface area contributed by atoms with E-state index in [2.05, 4.69) is 10.3 Å². The SMILES string of the molecule is Fc1cnc(NCCc2ccc3c(c2)OCCO3)c(F)c1.